The Labute approximate surface area is 360 Å². The van der Waals surface area contributed by atoms with Crippen molar-refractivity contribution in [1.82, 2.24) is 0 Å². The molecule has 60 heavy (non-hydrogen) atoms. The molecule has 0 saturated heterocycles. The Balaban J connectivity index is 1.55. The van der Waals surface area contributed by atoms with E-state index in [1.165, 1.54) is 0 Å². The number of hydrogen-bond acceptors (Lipinski definition) is 5. The van der Waals surface area contributed by atoms with Gasteiger partial charge in [0.15, 0.2) is 5.75 Å². The molecule has 1 atom stereocenters. The van der Waals surface area contributed by atoms with Crippen molar-refractivity contribution in [2.75, 3.05) is 33.5 Å². The molecule has 0 fully saturated rings. The fourth-order valence-corrected chi connectivity index (χ4v) is 11.4. The maximum Gasteiger partial charge on any atom is 0.383 e. The van der Waals surface area contributed by atoms with Crippen molar-refractivity contribution in [3.8, 4) is 28.7 Å². The second kappa shape index (κ2) is 20.4. The average Bonchev–Trinajstić information content (AvgIpc) is 3.27. The van der Waals surface area contributed by atoms with Gasteiger partial charge in [0.2, 0.25) is 0 Å². The van der Waals surface area contributed by atoms with Gasteiger partial charge >= 0.3 is 7.57 Å². The van der Waals surface area contributed by atoms with Gasteiger partial charge in [0, 0.05) is 36.8 Å². The normalized spacial score (nSPS) is 13.2. The van der Waals surface area contributed by atoms with Crippen molar-refractivity contribution >= 4 is 30.6 Å². The standard InChI is InChI=1S/C53H59BO5P/c1-6-28-56-50-38-18-15-19-39(50)33-41-21-17-23-43(52(41)58-30-8-3)35-45-37-47(60(54,46-24-11-10-12-25-46)49-27-14-13-26-48(49)55-5)36-44(53(45)59-31-9-4)34-42-22-16-20-40(32-38)51(42)57-29-7-2/h10-27,36-37H,6-9,28-35H2,1-5H3/q+1. The van der Waals surface area contributed by atoms with E-state index >= 15 is 0 Å². The van der Waals surface area contributed by atoms with Gasteiger partial charge in [0.1, 0.15) is 28.3 Å². The number of para-hydroxylation sites is 4. The second-order valence-electron chi connectivity index (χ2n) is 15.6. The lowest BCUT2D eigenvalue weighted by Gasteiger charge is -2.28. The molecule has 7 heteroatoms. The average molecular weight is 818 g/mol. The highest BCUT2D eigenvalue weighted by Gasteiger charge is 2.43. The monoisotopic (exact) mass is 817 g/mol. The van der Waals surface area contributed by atoms with Crippen LogP contribution in [-0.4, -0.2) is 41.1 Å². The third-order valence-electron chi connectivity index (χ3n) is 11.1. The smallest absolute Gasteiger partial charge is 0.383 e. The summed E-state index contributed by atoms with van der Waals surface area (Å²) in [6.45, 7) is 11.1. The van der Waals surface area contributed by atoms with E-state index in [1.807, 2.05) is 18.2 Å². The summed E-state index contributed by atoms with van der Waals surface area (Å²) in [6.07, 6.45) is 6.11. The second-order valence-corrected chi connectivity index (χ2v) is 18.6. The highest BCUT2D eigenvalue weighted by molar-refractivity contribution is 8.13. The van der Waals surface area contributed by atoms with Crippen molar-refractivity contribution < 1.29 is 23.7 Å². The Morgan fingerprint density at radius 2 is 0.767 bits per heavy atom. The molecule has 0 aromatic heterocycles. The number of methoxy groups -OCH3 is 1. The molecule has 6 aromatic carbocycles. The van der Waals surface area contributed by atoms with Crippen LogP contribution in [0.1, 0.15) is 97.9 Å². The highest BCUT2D eigenvalue weighted by atomic mass is 31.2. The summed E-state index contributed by atoms with van der Waals surface area (Å²) >= 11 is 0. The van der Waals surface area contributed by atoms with E-state index in [1.54, 1.807) is 7.11 Å². The van der Waals surface area contributed by atoms with Crippen molar-refractivity contribution in [2.24, 2.45) is 0 Å². The molecule has 8 bridgehead atoms. The van der Waals surface area contributed by atoms with Crippen molar-refractivity contribution in [1.29, 1.82) is 0 Å². The molecule has 0 spiro atoms. The van der Waals surface area contributed by atoms with E-state index in [9.17, 15) is 0 Å². The van der Waals surface area contributed by atoms with E-state index in [4.69, 9.17) is 31.3 Å². The molecule has 0 N–H and O–H groups in total. The Morgan fingerprint density at radius 1 is 0.417 bits per heavy atom. The lowest BCUT2D eigenvalue weighted by molar-refractivity contribution is 0.304. The molecule has 5 nitrogen and oxygen atoms in total. The van der Waals surface area contributed by atoms with E-state index < -0.39 is 7.14 Å². The number of fused-ring (bicyclic) bond motifs is 8. The molecule has 0 saturated carbocycles. The van der Waals surface area contributed by atoms with Gasteiger partial charge in [-0.05, 0) is 95.5 Å². The van der Waals surface area contributed by atoms with Gasteiger partial charge in [-0.3, -0.25) is 0 Å². The van der Waals surface area contributed by atoms with Gasteiger partial charge in [-0.25, -0.2) is 0 Å². The van der Waals surface area contributed by atoms with E-state index in [0.717, 1.165) is 115 Å². The topological polar surface area (TPSA) is 46.2 Å². The lowest BCUT2D eigenvalue weighted by atomic mass is 9.91. The first kappa shape index (κ1) is 42.9. The van der Waals surface area contributed by atoms with Gasteiger partial charge in [-0.15, -0.1) is 0 Å². The predicted molar refractivity (Wildman–Crippen MR) is 251 cm³/mol. The first-order chi connectivity index (χ1) is 29.4. The SMILES string of the molecule is [B][P+](c1ccccc1)(c1cc2c(OCCC)c(c1)Cc1cccc(c1OCCC)Cc1cccc(c1OCCC)Cc1cccc(c1OCCC)C2)c1ccccc1OC. The van der Waals surface area contributed by atoms with Crippen LogP contribution in [0.25, 0.3) is 0 Å². The maximum atomic E-state index is 8.03. The Morgan fingerprint density at radius 3 is 1.15 bits per heavy atom. The summed E-state index contributed by atoms with van der Waals surface area (Å²) in [4.78, 5) is 0. The largest absolute Gasteiger partial charge is 0.493 e. The highest BCUT2D eigenvalue weighted by Crippen LogP contribution is 2.54. The minimum Gasteiger partial charge on any atom is -0.493 e. The molecule has 0 amide bonds. The van der Waals surface area contributed by atoms with Crippen LogP contribution in [-0.2, 0) is 25.7 Å². The molecule has 0 aliphatic heterocycles. The van der Waals surface area contributed by atoms with E-state index in [0.29, 0.717) is 52.1 Å². The molecule has 308 valence electrons. The quantitative estimate of drug-likeness (QED) is 0.0718. The number of rotatable bonds is 16. The summed E-state index contributed by atoms with van der Waals surface area (Å²) in [5.74, 6) is 4.47. The van der Waals surface area contributed by atoms with Crippen LogP contribution in [0.15, 0.2) is 121 Å². The van der Waals surface area contributed by atoms with Crippen LogP contribution < -0.4 is 39.6 Å². The predicted octanol–water partition coefficient (Wildman–Crippen LogP) is 10.9. The first-order valence-electron chi connectivity index (χ1n) is 21.8. The number of ether oxygens (including phenoxy) is 5. The Bertz CT molecular complexity index is 2260. The van der Waals surface area contributed by atoms with Gasteiger partial charge < -0.3 is 23.7 Å². The number of hydrogen-bond donors (Lipinski definition) is 0. The van der Waals surface area contributed by atoms with Crippen LogP contribution in [0.4, 0.5) is 0 Å². The summed E-state index contributed by atoms with van der Waals surface area (Å²) in [7, 11) is 6.98. The lowest BCUT2D eigenvalue weighted by Crippen LogP contribution is -2.33. The van der Waals surface area contributed by atoms with E-state index in [-0.39, 0.29) is 0 Å². The summed E-state index contributed by atoms with van der Waals surface area (Å²) < 4.78 is 33.2. The van der Waals surface area contributed by atoms with E-state index in [2.05, 4.69) is 131 Å². The van der Waals surface area contributed by atoms with Gasteiger partial charge in [0.25, 0.3) is 0 Å². The van der Waals surface area contributed by atoms with Gasteiger partial charge in [-0.2, -0.15) is 0 Å². The molecule has 1 unspecified atom stereocenters. The molecule has 0 heterocycles. The van der Waals surface area contributed by atoms with Crippen LogP contribution in [0.2, 0.25) is 0 Å². The third-order valence-corrected chi connectivity index (χ3v) is 14.4. The fourth-order valence-electron chi connectivity index (χ4n) is 8.34. The molecule has 1 aliphatic rings. The zero-order valence-electron chi connectivity index (χ0n) is 36.1. The van der Waals surface area contributed by atoms with Crippen LogP contribution in [0.5, 0.6) is 28.7 Å². The van der Waals surface area contributed by atoms with Crippen LogP contribution in [0.3, 0.4) is 0 Å². The molecule has 1 aliphatic carbocycles. The Kier molecular flexibility index (Phi) is 14.6. The minimum absolute atomic E-state index is 0.584. The molecule has 6 aromatic rings. The maximum absolute atomic E-state index is 8.03. The minimum atomic E-state index is -2.78. The first-order valence-corrected chi connectivity index (χ1v) is 23.7. The van der Waals surface area contributed by atoms with Crippen molar-refractivity contribution in [2.45, 2.75) is 79.1 Å². The van der Waals surface area contributed by atoms with Gasteiger partial charge in [0.05, 0.1) is 51.3 Å². The molecular formula is C53H59BO5P+. The third kappa shape index (κ3) is 9.25. The summed E-state index contributed by atoms with van der Waals surface area (Å²) in [6, 6.07) is 43.1. The summed E-state index contributed by atoms with van der Waals surface area (Å²) in [5, 5.41) is 3.12. The molecule has 2 radical (unpaired) electrons. The van der Waals surface area contributed by atoms with Crippen LogP contribution in [0, 0.1) is 0 Å². The van der Waals surface area contributed by atoms with Crippen LogP contribution >= 0.6 is 7.14 Å². The van der Waals surface area contributed by atoms with Gasteiger partial charge in [-0.1, -0.05) is 113 Å². The zero-order valence-corrected chi connectivity index (χ0v) is 37.0. The zero-order chi connectivity index (χ0) is 41.9. The van der Waals surface area contributed by atoms with Crippen molar-refractivity contribution in [3.05, 3.63) is 166 Å². The van der Waals surface area contributed by atoms with Crippen molar-refractivity contribution in [3.63, 3.8) is 0 Å². The Hall–Kier alpha value is -5.19. The molecular weight excluding hydrogens is 758 g/mol. The molecule has 7 rings (SSSR count). The number of benzene rings is 6. The fraction of sp³-hybridized carbons (Fsp3) is 0.321. The summed E-state index contributed by atoms with van der Waals surface area (Å²) in [5.41, 5.74) is 8.92.